The van der Waals surface area contributed by atoms with E-state index in [1.807, 2.05) is 42.5 Å². The first-order chi connectivity index (χ1) is 9.22. The molecule has 0 saturated heterocycles. The number of hydrogen-bond donors (Lipinski definition) is 2. The molecule has 2 rings (SSSR count). The van der Waals surface area contributed by atoms with Crippen LogP contribution >= 0.6 is 0 Å². The van der Waals surface area contributed by atoms with E-state index in [9.17, 15) is 10.2 Å². The van der Waals surface area contributed by atoms with Crippen molar-refractivity contribution >= 4 is 0 Å². The van der Waals surface area contributed by atoms with Crippen molar-refractivity contribution in [2.75, 3.05) is 7.11 Å². The van der Waals surface area contributed by atoms with E-state index in [-0.39, 0.29) is 0 Å². The van der Waals surface area contributed by atoms with E-state index in [4.69, 9.17) is 4.74 Å². The maximum Gasteiger partial charge on any atom is 0.124 e. The summed E-state index contributed by atoms with van der Waals surface area (Å²) in [6.07, 6.45) is -1.42. The molecule has 2 aromatic carbocycles. The van der Waals surface area contributed by atoms with Crippen molar-refractivity contribution in [2.24, 2.45) is 0 Å². The summed E-state index contributed by atoms with van der Waals surface area (Å²) < 4.78 is 5.20. The van der Waals surface area contributed by atoms with E-state index in [0.29, 0.717) is 17.7 Å². The van der Waals surface area contributed by atoms with E-state index >= 15 is 0 Å². The number of benzene rings is 2. The fourth-order valence-electron chi connectivity index (χ4n) is 2.09. The van der Waals surface area contributed by atoms with Crippen LogP contribution < -0.4 is 4.74 Å². The number of aliphatic hydroxyl groups is 2. The van der Waals surface area contributed by atoms with Crippen LogP contribution in [0.15, 0.2) is 54.6 Å². The zero-order valence-corrected chi connectivity index (χ0v) is 10.9. The number of ether oxygens (including phenoxy) is 1. The molecule has 3 heteroatoms. The number of hydrogen-bond acceptors (Lipinski definition) is 3. The van der Waals surface area contributed by atoms with E-state index < -0.39 is 12.2 Å². The summed E-state index contributed by atoms with van der Waals surface area (Å²) in [4.78, 5) is 0. The molecular weight excluding hydrogens is 240 g/mol. The molecule has 0 unspecified atom stereocenters. The predicted octanol–water partition coefficient (Wildman–Crippen LogP) is 2.33. The van der Waals surface area contributed by atoms with Crippen molar-refractivity contribution in [3.8, 4) is 5.75 Å². The number of methoxy groups -OCH3 is 1. The maximum absolute atomic E-state index is 10.2. The van der Waals surface area contributed by atoms with E-state index in [0.717, 1.165) is 5.56 Å². The Morgan fingerprint density at radius 3 is 2.26 bits per heavy atom. The fraction of sp³-hybridized carbons (Fsp3) is 0.250. The fourth-order valence-corrected chi connectivity index (χ4v) is 2.09. The molecule has 0 aliphatic rings. The first kappa shape index (κ1) is 13.6. The van der Waals surface area contributed by atoms with Crippen molar-refractivity contribution in [3.63, 3.8) is 0 Å². The summed E-state index contributed by atoms with van der Waals surface area (Å²) in [6.45, 7) is 0. The zero-order chi connectivity index (χ0) is 13.7. The highest BCUT2D eigenvalue weighted by molar-refractivity contribution is 5.35. The molecule has 2 aromatic rings. The largest absolute Gasteiger partial charge is 0.496 e. The second-order valence-corrected chi connectivity index (χ2v) is 4.44. The topological polar surface area (TPSA) is 49.7 Å². The van der Waals surface area contributed by atoms with Gasteiger partial charge in [-0.05, 0) is 11.6 Å². The Morgan fingerprint density at radius 2 is 1.58 bits per heavy atom. The molecule has 0 aromatic heterocycles. The van der Waals surface area contributed by atoms with Crippen LogP contribution in [0.5, 0.6) is 5.75 Å². The number of rotatable bonds is 5. The summed E-state index contributed by atoms with van der Waals surface area (Å²) in [5.74, 6) is 0.585. The van der Waals surface area contributed by atoms with Gasteiger partial charge in [0.2, 0.25) is 0 Å². The highest BCUT2D eigenvalue weighted by Gasteiger charge is 2.21. The van der Waals surface area contributed by atoms with E-state index in [1.165, 1.54) is 0 Å². The number of aliphatic hydroxyl groups excluding tert-OH is 2. The third kappa shape index (κ3) is 3.34. The Morgan fingerprint density at radius 1 is 0.947 bits per heavy atom. The first-order valence-electron chi connectivity index (χ1n) is 6.25. The Hall–Kier alpha value is -1.84. The van der Waals surface area contributed by atoms with Crippen LogP contribution in [-0.2, 0) is 6.42 Å². The lowest BCUT2D eigenvalue weighted by Crippen LogP contribution is -2.21. The lowest BCUT2D eigenvalue weighted by molar-refractivity contribution is 0.0176. The van der Waals surface area contributed by atoms with Gasteiger partial charge >= 0.3 is 0 Å². The minimum atomic E-state index is -0.962. The highest BCUT2D eigenvalue weighted by Crippen LogP contribution is 2.28. The molecule has 2 atom stereocenters. The first-order valence-corrected chi connectivity index (χ1v) is 6.25. The predicted molar refractivity (Wildman–Crippen MR) is 74.1 cm³/mol. The molecule has 0 aliphatic carbocycles. The van der Waals surface area contributed by atoms with Crippen LogP contribution in [0, 0.1) is 0 Å². The Labute approximate surface area is 113 Å². The quantitative estimate of drug-likeness (QED) is 0.865. The lowest BCUT2D eigenvalue weighted by atomic mass is 9.98. The summed E-state index contributed by atoms with van der Waals surface area (Å²) in [5.41, 5.74) is 1.59. The van der Waals surface area contributed by atoms with E-state index in [2.05, 4.69) is 0 Å². The molecule has 0 saturated carbocycles. The third-order valence-electron chi connectivity index (χ3n) is 3.11. The average molecular weight is 258 g/mol. The van der Waals surface area contributed by atoms with Gasteiger partial charge in [-0.1, -0.05) is 48.5 Å². The molecular formula is C16H18O3. The van der Waals surface area contributed by atoms with Crippen LogP contribution in [0.25, 0.3) is 0 Å². The van der Waals surface area contributed by atoms with Crippen molar-refractivity contribution in [2.45, 2.75) is 18.6 Å². The molecule has 2 N–H and O–H groups in total. The SMILES string of the molecule is COc1ccccc1[C@@H](O)[C@H](O)Cc1ccccc1. The molecule has 0 aliphatic heterocycles. The van der Waals surface area contributed by atoms with Gasteiger partial charge in [-0.3, -0.25) is 0 Å². The van der Waals surface area contributed by atoms with Crippen molar-refractivity contribution in [3.05, 3.63) is 65.7 Å². The van der Waals surface area contributed by atoms with E-state index in [1.54, 1.807) is 19.2 Å². The molecule has 0 heterocycles. The molecule has 0 amide bonds. The Bertz CT molecular complexity index is 510. The zero-order valence-electron chi connectivity index (χ0n) is 10.9. The van der Waals surface area contributed by atoms with Gasteiger partial charge in [0.05, 0.1) is 13.2 Å². The smallest absolute Gasteiger partial charge is 0.124 e. The van der Waals surface area contributed by atoms with Gasteiger partial charge in [-0.15, -0.1) is 0 Å². The second-order valence-electron chi connectivity index (χ2n) is 4.44. The minimum absolute atomic E-state index is 0.403. The molecule has 100 valence electrons. The van der Waals surface area contributed by atoms with Crippen LogP contribution in [0.2, 0.25) is 0 Å². The van der Waals surface area contributed by atoms with Gasteiger partial charge in [0.15, 0.2) is 0 Å². The summed E-state index contributed by atoms with van der Waals surface area (Å²) in [5, 5.41) is 20.4. The molecule has 0 spiro atoms. The molecule has 0 radical (unpaired) electrons. The van der Waals surface area contributed by atoms with Crippen molar-refractivity contribution in [1.29, 1.82) is 0 Å². The van der Waals surface area contributed by atoms with Gasteiger partial charge in [-0.2, -0.15) is 0 Å². The van der Waals surface area contributed by atoms with Crippen molar-refractivity contribution < 1.29 is 14.9 Å². The van der Waals surface area contributed by atoms with Crippen LogP contribution in [0.3, 0.4) is 0 Å². The maximum atomic E-state index is 10.2. The summed E-state index contributed by atoms with van der Waals surface area (Å²) in [7, 11) is 1.55. The molecule has 19 heavy (non-hydrogen) atoms. The Balaban J connectivity index is 2.12. The van der Waals surface area contributed by atoms with Gasteiger partial charge in [0.1, 0.15) is 11.9 Å². The average Bonchev–Trinajstić information content (AvgIpc) is 2.47. The van der Waals surface area contributed by atoms with Gasteiger partial charge < -0.3 is 14.9 Å². The second kappa shape index (κ2) is 6.36. The van der Waals surface area contributed by atoms with Gasteiger partial charge in [0.25, 0.3) is 0 Å². The summed E-state index contributed by atoms with van der Waals surface area (Å²) in [6, 6.07) is 16.8. The Kier molecular flexibility index (Phi) is 4.55. The molecule has 0 bridgehead atoms. The number of para-hydroxylation sites is 1. The van der Waals surface area contributed by atoms with Crippen LogP contribution in [-0.4, -0.2) is 23.4 Å². The van der Waals surface area contributed by atoms with Gasteiger partial charge in [-0.25, -0.2) is 0 Å². The normalized spacial score (nSPS) is 13.8. The standard InChI is InChI=1S/C16H18O3/c1-19-15-10-6-5-9-13(15)16(18)14(17)11-12-7-3-2-4-8-12/h2-10,14,16-18H,11H2,1H3/t14-,16-/m1/s1. The molecule has 3 nitrogen and oxygen atoms in total. The molecule has 0 fully saturated rings. The minimum Gasteiger partial charge on any atom is -0.496 e. The van der Waals surface area contributed by atoms with Crippen LogP contribution in [0.1, 0.15) is 17.2 Å². The lowest BCUT2D eigenvalue weighted by Gasteiger charge is -2.20. The van der Waals surface area contributed by atoms with Crippen LogP contribution in [0.4, 0.5) is 0 Å². The van der Waals surface area contributed by atoms with Crippen molar-refractivity contribution in [1.82, 2.24) is 0 Å². The third-order valence-corrected chi connectivity index (χ3v) is 3.11. The highest BCUT2D eigenvalue weighted by atomic mass is 16.5. The van der Waals surface area contributed by atoms with Gasteiger partial charge in [0, 0.05) is 12.0 Å². The summed E-state index contributed by atoms with van der Waals surface area (Å²) >= 11 is 0. The monoisotopic (exact) mass is 258 g/mol.